The quantitative estimate of drug-likeness (QED) is 0.467. The molecule has 6 nitrogen and oxygen atoms in total. The van der Waals surface area contributed by atoms with Gasteiger partial charge in [0.2, 0.25) is 0 Å². The smallest absolute Gasteiger partial charge is 0.337 e. The lowest BCUT2D eigenvalue weighted by Gasteiger charge is -2.05. The SMILES string of the molecule is COC(=O)c1ccc(OCC(=O)N/N=C/c2cccc(Br)c2)cc1. The number of benzene rings is 2. The molecule has 1 N–H and O–H groups in total. The van der Waals surface area contributed by atoms with Crippen LogP contribution in [0.5, 0.6) is 5.75 Å². The van der Waals surface area contributed by atoms with Crippen molar-refractivity contribution in [2.45, 2.75) is 0 Å². The minimum Gasteiger partial charge on any atom is -0.484 e. The molecule has 0 saturated carbocycles. The summed E-state index contributed by atoms with van der Waals surface area (Å²) in [6, 6.07) is 13.8. The summed E-state index contributed by atoms with van der Waals surface area (Å²) in [6.45, 7) is -0.187. The van der Waals surface area contributed by atoms with E-state index < -0.39 is 11.9 Å². The minimum absolute atomic E-state index is 0.187. The Bertz CT molecular complexity index is 745. The van der Waals surface area contributed by atoms with Crippen LogP contribution < -0.4 is 10.2 Å². The van der Waals surface area contributed by atoms with Gasteiger partial charge in [0.05, 0.1) is 18.9 Å². The molecule has 0 unspecified atom stereocenters. The van der Waals surface area contributed by atoms with Crippen LogP contribution in [-0.2, 0) is 9.53 Å². The van der Waals surface area contributed by atoms with Crippen molar-refractivity contribution in [2.75, 3.05) is 13.7 Å². The number of hydrazone groups is 1. The number of hydrogen-bond donors (Lipinski definition) is 1. The first-order valence-corrected chi connectivity index (χ1v) is 7.76. The van der Waals surface area contributed by atoms with Gasteiger partial charge in [-0.05, 0) is 42.0 Å². The molecule has 0 radical (unpaired) electrons. The van der Waals surface area contributed by atoms with Gasteiger partial charge in [-0.15, -0.1) is 0 Å². The van der Waals surface area contributed by atoms with Gasteiger partial charge in [-0.1, -0.05) is 28.1 Å². The predicted octanol–water partition coefficient (Wildman–Crippen LogP) is 2.76. The molecule has 0 bridgehead atoms. The maximum Gasteiger partial charge on any atom is 0.337 e. The molecule has 0 aromatic heterocycles. The Labute approximate surface area is 147 Å². The van der Waals surface area contributed by atoms with Crippen LogP contribution in [0.4, 0.5) is 0 Å². The predicted molar refractivity (Wildman–Crippen MR) is 93.2 cm³/mol. The second-order valence-corrected chi connectivity index (χ2v) is 5.57. The summed E-state index contributed by atoms with van der Waals surface area (Å²) in [6.07, 6.45) is 1.54. The fraction of sp³-hybridized carbons (Fsp3) is 0.118. The van der Waals surface area contributed by atoms with Gasteiger partial charge >= 0.3 is 5.97 Å². The highest BCUT2D eigenvalue weighted by molar-refractivity contribution is 9.10. The highest BCUT2D eigenvalue weighted by atomic mass is 79.9. The van der Waals surface area contributed by atoms with E-state index >= 15 is 0 Å². The number of amides is 1. The van der Waals surface area contributed by atoms with Crippen LogP contribution in [0.15, 0.2) is 58.1 Å². The summed E-state index contributed by atoms with van der Waals surface area (Å²) in [5, 5.41) is 3.86. The molecule has 0 fully saturated rings. The summed E-state index contributed by atoms with van der Waals surface area (Å²) in [4.78, 5) is 23.0. The van der Waals surface area contributed by atoms with Crippen molar-refractivity contribution in [1.29, 1.82) is 0 Å². The zero-order chi connectivity index (χ0) is 17.4. The fourth-order valence-electron chi connectivity index (χ4n) is 1.75. The van der Waals surface area contributed by atoms with E-state index in [1.54, 1.807) is 24.3 Å². The average Bonchev–Trinajstić information content (AvgIpc) is 2.60. The molecule has 0 spiro atoms. The van der Waals surface area contributed by atoms with Crippen molar-refractivity contribution in [1.82, 2.24) is 5.43 Å². The van der Waals surface area contributed by atoms with Gasteiger partial charge in [-0.25, -0.2) is 10.2 Å². The number of methoxy groups -OCH3 is 1. The molecular formula is C17H15BrN2O4. The lowest BCUT2D eigenvalue weighted by atomic mass is 10.2. The van der Waals surface area contributed by atoms with Gasteiger partial charge in [-0.3, -0.25) is 4.79 Å². The Kier molecular flexibility index (Phi) is 6.51. The van der Waals surface area contributed by atoms with E-state index in [1.165, 1.54) is 13.3 Å². The molecule has 2 rings (SSSR count). The van der Waals surface area contributed by atoms with Crippen molar-refractivity contribution in [3.05, 3.63) is 64.1 Å². The summed E-state index contributed by atoms with van der Waals surface area (Å²) >= 11 is 3.35. The zero-order valence-electron chi connectivity index (χ0n) is 12.9. The summed E-state index contributed by atoms with van der Waals surface area (Å²) in [5.74, 6) is -0.353. The Hall–Kier alpha value is -2.67. The molecule has 0 aliphatic carbocycles. The van der Waals surface area contributed by atoms with Crippen molar-refractivity contribution in [3.63, 3.8) is 0 Å². The van der Waals surface area contributed by atoms with E-state index in [0.717, 1.165) is 10.0 Å². The molecule has 0 aliphatic heterocycles. The number of esters is 1. The molecule has 1 amide bonds. The number of rotatable bonds is 6. The first-order valence-electron chi connectivity index (χ1n) is 6.97. The van der Waals surface area contributed by atoms with E-state index in [2.05, 4.69) is 31.2 Å². The molecule has 0 atom stereocenters. The average molecular weight is 391 g/mol. The summed E-state index contributed by atoms with van der Waals surface area (Å²) in [5.41, 5.74) is 3.64. The molecule has 124 valence electrons. The van der Waals surface area contributed by atoms with Crippen LogP contribution in [0.2, 0.25) is 0 Å². The normalized spacial score (nSPS) is 10.4. The monoisotopic (exact) mass is 390 g/mol. The van der Waals surface area contributed by atoms with E-state index in [9.17, 15) is 9.59 Å². The molecule has 2 aromatic carbocycles. The minimum atomic E-state index is -0.429. The number of nitrogens with one attached hydrogen (secondary N) is 1. The standard InChI is InChI=1S/C17H15BrN2O4/c1-23-17(22)13-5-7-15(8-6-13)24-11-16(21)20-19-10-12-3-2-4-14(18)9-12/h2-10H,11H2,1H3,(H,20,21)/b19-10+. The molecule has 0 saturated heterocycles. The molecule has 0 aliphatic rings. The Morgan fingerprint density at radius 2 is 1.96 bits per heavy atom. The highest BCUT2D eigenvalue weighted by Crippen LogP contribution is 2.12. The van der Waals surface area contributed by atoms with Crippen LogP contribution in [0.3, 0.4) is 0 Å². The van der Waals surface area contributed by atoms with Crippen LogP contribution in [0, 0.1) is 0 Å². The highest BCUT2D eigenvalue weighted by Gasteiger charge is 2.06. The van der Waals surface area contributed by atoms with Crippen LogP contribution in [0.1, 0.15) is 15.9 Å². The summed E-state index contributed by atoms with van der Waals surface area (Å²) in [7, 11) is 1.31. The largest absolute Gasteiger partial charge is 0.484 e. The van der Waals surface area contributed by atoms with Gasteiger partial charge < -0.3 is 9.47 Å². The summed E-state index contributed by atoms with van der Waals surface area (Å²) < 4.78 is 10.8. The third-order valence-electron chi connectivity index (χ3n) is 2.90. The van der Waals surface area contributed by atoms with Gasteiger partial charge in [0, 0.05) is 4.47 Å². The Balaban J connectivity index is 1.79. The number of halogens is 1. The van der Waals surface area contributed by atoms with Gasteiger partial charge in [0.25, 0.3) is 5.91 Å². The second kappa shape index (κ2) is 8.83. The molecular weight excluding hydrogens is 376 g/mol. The van der Waals surface area contributed by atoms with Crippen molar-refractivity contribution < 1.29 is 19.1 Å². The lowest BCUT2D eigenvalue weighted by molar-refractivity contribution is -0.123. The topological polar surface area (TPSA) is 77.0 Å². The fourth-order valence-corrected chi connectivity index (χ4v) is 2.17. The Morgan fingerprint density at radius 1 is 1.21 bits per heavy atom. The van der Waals surface area contributed by atoms with Crippen molar-refractivity contribution in [2.24, 2.45) is 5.10 Å². The van der Waals surface area contributed by atoms with E-state index in [0.29, 0.717) is 11.3 Å². The van der Waals surface area contributed by atoms with Gasteiger partial charge in [0.1, 0.15) is 5.75 Å². The van der Waals surface area contributed by atoms with Gasteiger partial charge in [0.15, 0.2) is 6.61 Å². The molecule has 24 heavy (non-hydrogen) atoms. The third-order valence-corrected chi connectivity index (χ3v) is 3.39. The van der Waals surface area contributed by atoms with Crippen LogP contribution in [-0.4, -0.2) is 31.8 Å². The van der Waals surface area contributed by atoms with Crippen molar-refractivity contribution in [3.8, 4) is 5.75 Å². The maximum absolute atomic E-state index is 11.7. The maximum atomic E-state index is 11.7. The zero-order valence-corrected chi connectivity index (χ0v) is 14.4. The lowest BCUT2D eigenvalue weighted by Crippen LogP contribution is -2.24. The number of carbonyl (C=O) groups is 2. The van der Waals surface area contributed by atoms with E-state index in [4.69, 9.17) is 4.74 Å². The van der Waals surface area contributed by atoms with E-state index in [-0.39, 0.29) is 6.61 Å². The number of carbonyl (C=O) groups excluding carboxylic acids is 2. The number of ether oxygens (including phenoxy) is 2. The van der Waals surface area contributed by atoms with Gasteiger partial charge in [-0.2, -0.15) is 5.10 Å². The molecule has 2 aromatic rings. The second-order valence-electron chi connectivity index (χ2n) is 4.65. The van der Waals surface area contributed by atoms with Crippen LogP contribution in [0.25, 0.3) is 0 Å². The number of hydrogen-bond acceptors (Lipinski definition) is 5. The van der Waals surface area contributed by atoms with Crippen LogP contribution >= 0.6 is 15.9 Å². The molecule has 0 heterocycles. The van der Waals surface area contributed by atoms with Crippen molar-refractivity contribution >= 4 is 34.0 Å². The molecule has 7 heteroatoms. The first-order chi connectivity index (χ1) is 11.6. The number of nitrogens with zero attached hydrogens (tertiary/aromatic N) is 1. The third kappa shape index (κ3) is 5.51. The first kappa shape index (κ1) is 17.7. The Morgan fingerprint density at radius 3 is 2.62 bits per heavy atom. The van der Waals surface area contributed by atoms with E-state index in [1.807, 2.05) is 24.3 Å².